The van der Waals surface area contributed by atoms with Gasteiger partial charge in [-0.05, 0) is 12.1 Å². The first-order valence-corrected chi connectivity index (χ1v) is 5.24. The summed E-state index contributed by atoms with van der Waals surface area (Å²) < 4.78 is 10.9. The second kappa shape index (κ2) is 3.89. The topological polar surface area (TPSA) is 26.0 Å². The lowest BCUT2D eigenvalue weighted by atomic mass is 10.3. The summed E-state index contributed by atoms with van der Waals surface area (Å²) in [7, 11) is 1.64. The van der Waals surface area contributed by atoms with Crippen molar-refractivity contribution < 1.29 is 9.42 Å². The molecule has 0 aliphatic carbocycles. The van der Waals surface area contributed by atoms with Crippen molar-refractivity contribution in [3.63, 3.8) is 0 Å². The summed E-state index contributed by atoms with van der Waals surface area (Å²) in [5.74, 6) is 0.829. The van der Waals surface area contributed by atoms with E-state index in [1.807, 2.05) is 29.6 Å². The summed E-state index contributed by atoms with van der Waals surface area (Å²) in [5.41, 5.74) is 0.956. The maximum Gasteiger partial charge on any atom is 0.237 e. The normalized spacial score (nSPS) is 10.1. The van der Waals surface area contributed by atoms with E-state index < -0.39 is 0 Å². The molecule has 0 saturated heterocycles. The van der Waals surface area contributed by atoms with Gasteiger partial charge in [0.15, 0.2) is 0 Å². The van der Waals surface area contributed by atoms with Crippen molar-refractivity contribution >= 4 is 24.2 Å². The van der Waals surface area contributed by atoms with Crippen LogP contribution in [0.25, 0.3) is 5.69 Å². The van der Waals surface area contributed by atoms with E-state index >= 15 is 0 Å². The van der Waals surface area contributed by atoms with Gasteiger partial charge in [0.25, 0.3) is 0 Å². The Labute approximate surface area is 91.5 Å². The average molecular weight is 224 g/mol. The van der Waals surface area contributed by atoms with Gasteiger partial charge in [0.2, 0.25) is 5.69 Å². The minimum Gasteiger partial charge on any atom is -0.707 e. The highest BCUT2D eigenvalue weighted by Gasteiger charge is 2.08. The van der Waals surface area contributed by atoms with Gasteiger partial charge in [0, 0.05) is 23.7 Å². The van der Waals surface area contributed by atoms with E-state index in [1.165, 1.54) is 11.5 Å². The van der Waals surface area contributed by atoms with E-state index in [9.17, 15) is 0 Å². The first kappa shape index (κ1) is 9.36. The van der Waals surface area contributed by atoms with Crippen molar-refractivity contribution in [1.29, 1.82) is 0 Å². The molecule has 2 aromatic rings. The molecule has 1 aromatic carbocycles. The Hall–Kier alpha value is -1.20. The van der Waals surface area contributed by atoms with Crippen molar-refractivity contribution in [3.05, 3.63) is 29.6 Å². The largest absolute Gasteiger partial charge is 0.707 e. The van der Waals surface area contributed by atoms with Crippen molar-refractivity contribution in [1.82, 2.24) is 4.49 Å². The van der Waals surface area contributed by atoms with Gasteiger partial charge >= 0.3 is 0 Å². The summed E-state index contributed by atoms with van der Waals surface area (Å²) in [6.07, 6.45) is 0. The number of ether oxygens (including phenoxy) is 1. The van der Waals surface area contributed by atoms with Crippen LogP contribution in [-0.4, -0.2) is 11.6 Å². The summed E-state index contributed by atoms with van der Waals surface area (Å²) in [6, 6.07) is 7.62. The molecule has 2 rings (SSSR count). The van der Waals surface area contributed by atoms with Crippen LogP contribution in [0.4, 0.5) is 0 Å². The predicted molar refractivity (Wildman–Crippen MR) is 55.8 cm³/mol. The van der Waals surface area contributed by atoms with Crippen LogP contribution in [0.2, 0.25) is 0 Å². The number of methoxy groups -OCH3 is 1. The molecule has 5 heteroatoms. The molecule has 0 N–H and O–H groups in total. The first-order chi connectivity index (χ1) is 6.81. The van der Waals surface area contributed by atoms with Gasteiger partial charge in [-0.1, -0.05) is 4.68 Å². The van der Waals surface area contributed by atoms with Crippen molar-refractivity contribution in [2.45, 2.75) is 5.03 Å². The lowest BCUT2D eigenvalue weighted by Gasteiger charge is -1.99. The Bertz CT molecular complexity index is 425. The molecule has 3 nitrogen and oxygen atoms in total. The van der Waals surface area contributed by atoms with Crippen LogP contribution in [0.1, 0.15) is 0 Å². The molecule has 0 fully saturated rings. The Kier molecular flexibility index (Phi) is 2.60. The van der Waals surface area contributed by atoms with Crippen LogP contribution in [0.5, 0.6) is 5.75 Å². The molecule has 0 radical (unpaired) electrons. The van der Waals surface area contributed by atoms with Gasteiger partial charge in [0.05, 0.1) is 17.0 Å². The van der Waals surface area contributed by atoms with Crippen molar-refractivity contribution in [2.24, 2.45) is 0 Å². The zero-order chi connectivity index (χ0) is 9.97. The van der Waals surface area contributed by atoms with Gasteiger partial charge < -0.3 is 17.4 Å². The zero-order valence-corrected chi connectivity index (χ0v) is 9.14. The molecule has 0 atom stereocenters. The van der Waals surface area contributed by atoms with Crippen LogP contribution in [-0.2, 0) is 12.6 Å². The van der Waals surface area contributed by atoms with Crippen molar-refractivity contribution in [2.75, 3.05) is 7.11 Å². The van der Waals surface area contributed by atoms with E-state index in [0.29, 0.717) is 0 Å². The smallest absolute Gasteiger partial charge is 0.237 e. The molecular weight excluding hydrogens is 216 g/mol. The highest BCUT2D eigenvalue weighted by molar-refractivity contribution is 7.58. The molecule has 0 saturated carbocycles. The number of benzene rings is 1. The van der Waals surface area contributed by atoms with E-state index in [4.69, 9.17) is 17.4 Å². The van der Waals surface area contributed by atoms with Gasteiger partial charge in [-0.3, -0.25) is 0 Å². The standard InChI is InChI=1S/C9H8N2OS2/c1-12-8-4-2-7(3-5-8)11-9(13)6-14-10-11/h2-6H,1H3. The fourth-order valence-electron chi connectivity index (χ4n) is 1.10. The van der Waals surface area contributed by atoms with Crippen LogP contribution >= 0.6 is 11.5 Å². The predicted octanol–water partition coefficient (Wildman–Crippen LogP) is 1.33. The average Bonchev–Trinajstić information content (AvgIpc) is 2.65. The third-order valence-corrected chi connectivity index (χ3v) is 2.83. The molecule has 1 aromatic heterocycles. The maximum absolute atomic E-state index is 5.11. The molecule has 0 aliphatic heterocycles. The summed E-state index contributed by atoms with van der Waals surface area (Å²) in [6.45, 7) is 0. The fourth-order valence-corrected chi connectivity index (χ4v) is 1.94. The lowest BCUT2D eigenvalue weighted by Crippen LogP contribution is -2.34. The monoisotopic (exact) mass is 224 g/mol. The summed E-state index contributed by atoms with van der Waals surface area (Å²) in [5, 5.41) is 2.56. The second-order valence-corrected chi connectivity index (χ2v) is 3.68. The van der Waals surface area contributed by atoms with Crippen LogP contribution in [0.15, 0.2) is 34.7 Å². The molecular formula is C9H8N2OS2. The van der Waals surface area contributed by atoms with Crippen LogP contribution in [0, 0.1) is 0 Å². The number of aromatic nitrogens is 2. The summed E-state index contributed by atoms with van der Waals surface area (Å²) >= 11 is 6.46. The number of hydrogen-bond acceptors (Lipinski definition) is 4. The van der Waals surface area contributed by atoms with Gasteiger partial charge in [-0.15, -0.1) is 0 Å². The van der Waals surface area contributed by atoms with E-state index in [2.05, 4.69) is 4.49 Å². The zero-order valence-electron chi connectivity index (χ0n) is 7.51. The summed E-state index contributed by atoms with van der Waals surface area (Å²) in [4.78, 5) is 0. The Morgan fingerprint density at radius 3 is 2.57 bits per heavy atom. The van der Waals surface area contributed by atoms with Gasteiger partial charge in [-0.2, -0.15) is 0 Å². The third kappa shape index (κ3) is 1.69. The number of rotatable bonds is 2. The molecule has 0 aliphatic rings. The highest BCUT2D eigenvalue weighted by Crippen LogP contribution is 2.11. The van der Waals surface area contributed by atoms with Crippen LogP contribution in [0.3, 0.4) is 0 Å². The van der Waals surface area contributed by atoms with Gasteiger partial charge in [0.1, 0.15) is 10.8 Å². The Morgan fingerprint density at radius 2 is 2.07 bits per heavy atom. The van der Waals surface area contributed by atoms with Crippen molar-refractivity contribution in [3.8, 4) is 11.4 Å². The molecule has 0 unspecified atom stereocenters. The minimum atomic E-state index is 0.722. The third-order valence-electron chi connectivity index (χ3n) is 1.81. The Balaban J connectivity index is 2.39. The number of hydrogen-bond donors (Lipinski definition) is 0. The maximum atomic E-state index is 5.11. The Morgan fingerprint density at radius 1 is 1.36 bits per heavy atom. The molecule has 0 amide bonds. The van der Waals surface area contributed by atoms with Gasteiger partial charge in [-0.25, -0.2) is 0 Å². The second-order valence-electron chi connectivity index (χ2n) is 2.65. The molecule has 14 heavy (non-hydrogen) atoms. The molecule has 72 valence electrons. The highest BCUT2D eigenvalue weighted by atomic mass is 32.1. The van der Waals surface area contributed by atoms with E-state index in [0.717, 1.165) is 16.5 Å². The van der Waals surface area contributed by atoms with E-state index in [-0.39, 0.29) is 0 Å². The quantitative estimate of drug-likeness (QED) is 0.568. The fraction of sp³-hybridized carbons (Fsp3) is 0.111. The minimum absolute atomic E-state index is 0.722. The SMILES string of the molecule is COc1ccc(-[n+]2nscc2[S-])cc1. The number of nitrogens with zero attached hydrogens (tertiary/aromatic N) is 2. The molecule has 0 spiro atoms. The van der Waals surface area contributed by atoms with Crippen LogP contribution < -0.4 is 9.42 Å². The lowest BCUT2D eigenvalue weighted by molar-refractivity contribution is -0.688. The first-order valence-electron chi connectivity index (χ1n) is 3.99. The molecule has 0 bridgehead atoms. The molecule has 1 heterocycles. The van der Waals surface area contributed by atoms with E-state index in [1.54, 1.807) is 11.8 Å².